The Morgan fingerprint density at radius 3 is 1.29 bits per heavy atom. The van der Waals surface area contributed by atoms with Gasteiger partial charge in [0.1, 0.15) is 5.41 Å². The van der Waals surface area contributed by atoms with Crippen molar-refractivity contribution < 1.29 is 0 Å². The SMILES string of the molecule is C#CC(C#C)(c1ccccc1)c1ccccc1. The van der Waals surface area contributed by atoms with Crippen LogP contribution in [0.15, 0.2) is 60.7 Å². The zero-order chi connectivity index (χ0) is 12.1. The molecule has 80 valence electrons. The van der Waals surface area contributed by atoms with Crippen molar-refractivity contribution in [2.75, 3.05) is 0 Å². The number of hydrogen-bond acceptors (Lipinski definition) is 0. The maximum atomic E-state index is 5.69. The van der Waals surface area contributed by atoms with Gasteiger partial charge >= 0.3 is 0 Å². The van der Waals surface area contributed by atoms with E-state index in [1.165, 1.54) is 0 Å². The Hall–Kier alpha value is -2.44. The molecule has 0 N–H and O–H groups in total. The van der Waals surface area contributed by atoms with Crippen LogP contribution in [0.2, 0.25) is 0 Å². The van der Waals surface area contributed by atoms with Crippen LogP contribution < -0.4 is 0 Å². The van der Waals surface area contributed by atoms with Crippen molar-refractivity contribution in [1.29, 1.82) is 0 Å². The largest absolute Gasteiger partial charge is 0.141 e. The molecule has 2 aromatic carbocycles. The highest BCUT2D eigenvalue weighted by atomic mass is 14.3. The fourth-order valence-electron chi connectivity index (χ4n) is 1.92. The topological polar surface area (TPSA) is 0 Å². The summed E-state index contributed by atoms with van der Waals surface area (Å²) in [5, 5.41) is 0. The summed E-state index contributed by atoms with van der Waals surface area (Å²) in [5.41, 5.74) is 1.13. The molecule has 0 amide bonds. The van der Waals surface area contributed by atoms with Gasteiger partial charge in [-0.05, 0) is 11.1 Å². The van der Waals surface area contributed by atoms with Gasteiger partial charge in [0.2, 0.25) is 0 Å². The summed E-state index contributed by atoms with van der Waals surface area (Å²) in [7, 11) is 0. The molecule has 0 atom stereocenters. The molecule has 0 aromatic heterocycles. The Labute approximate surface area is 102 Å². The molecule has 0 saturated heterocycles. The van der Waals surface area contributed by atoms with Gasteiger partial charge in [0.25, 0.3) is 0 Å². The van der Waals surface area contributed by atoms with Gasteiger partial charge in [0, 0.05) is 0 Å². The highest BCUT2D eigenvalue weighted by Gasteiger charge is 2.29. The Morgan fingerprint density at radius 1 is 0.647 bits per heavy atom. The van der Waals surface area contributed by atoms with Gasteiger partial charge in [-0.2, -0.15) is 0 Å². The Morgan fingerprint density at radius 2 is 1.00 bits per heavy atom. The van der Waals surface area contributed by atoms with E-state index in [-0.39, 0.29) is 0 Å². The van der Waals surface area contributed by atoms with Gasteiger partial charge in [0.05, 0.1) is 0 Å². The van der Waals surface area contributed by atoms with E-state index in [4.69, 9.17) is 12.8 Å². The first-order valence-electron chi connectivity index (χ1n) is 5.40. The predicted octanol–water partition coefficient (Wildman–Crippen LogP) is 3.24. The van der Waals surface area contributed by atoms with E-state index in [1.54, 1.807) is 0 Å². The summed E-state index contributed by atoms with van der Waals surface area (Å²) in [6.45, 7) is 0. The minimum absolute atomic E-state index is 0.775. The summed E-state index contributed by atoms with van der Waals surface area (Å²) < 4.78 is 0. The van der Waals surface area contributed by atoms with Crippen molar-refractivity contribution in [2.45, 2.75) is 5.41 Å². The normalized spacial score (nSPS) is 10.2. The molecule has 17 heavy (non-hydrogen) atoms. The molecular weight excluding hydrogens is 204 g/mol. The molecular formula is C17H12. The van der Waals surface area contributed by atoms with Crippen molar-refractivity contribution in [1.82, 2.24) is 0 Å². The Bertz CT molecular complexity index is 509. The van der Waals surface area contributed by atoms with E-state index in [1.807, 2.05) is 60.7 Å². The highest BCUT2D eigenvalue weighted by molar-refractivity contribution is 5.54. The number of rotatable bonds is 2. The quantitative estimate of drug-likeness (QED) is 0.676. The lowest BCUT2D eigenvalue weighted by Crippen LogP contribution is -2.23. The second kappa shape index (κ2) is 4.60. The second-order valence-corrected chi connectivity index (χ2v) is 3.77. The van der Waals surface area contributed by atoms with E-state index in [0.717, 1.165) is 11.1 Å². The first kappa shape index (κ1) is 11.1. The standard InChI is InChI=1S/C17H12/c1-3-17(4-2,15-11-7-5-8-12-15)16-13-9-6-10-14-16/h1-2,5-14H. The summed E-state index contributed by atoms with van der Waals surface area (Å²) >= 11 is 0. The average molecular weight is 216 g/mol. The molecule has 0 nitrogen and oxygen atoms in total. The van der Waals surface area contributed by atoms with Gasteiger partial charge in [-0.15, -0.1) is 12.8 Å². The lowest BCUT2D eigenvalue weighted by molar-refractivity contribution is 0.885. The zero-order valence-corrected chi connectivity index (χ0v) is 9.43. The molecule has 2 aromatic rings. The van der Waals surface area contributed by atoms with Crippen LogP contribution in [-0.2, 0) is 5.41 Å². The molecule has 0 fully saturated rings. The van der Waals surface area contributed by atoms with E-state index in [2.05, 4.69) is 11.8 Å². The minimum Gasteiger partial charge on any atom is -0.118 e. The Kier molecular flexibility index (Phi) is 2.99. The molecule has 0 aliphatic rings. The van der Waals surface area contributed by atoms with Gasteiger partial charge < -0.3 is 0 Å². The molecule has 0 aliphatic heterocycles. The molecule has 0 heterocycles. The van der Waals surface area contributed by atoms with Crippen molar-refractivity contribution >= 4 is 0 Å². The zero-order valence-electron chi connectivity index (χ0n) is 9.43. The van der Waals surface area contributed by atoms with Crippen LogP contribution in [-0.4, -0.2) is 0 Å². The van der Waals surface area contributed by atoms with Crippen LogP contribution in [0.4, 0.5) is 0 Å². The molecule has 2 rings (SSSR count). The van der Waals surface area contributed by atoms with Crippen molar-refractivity contribution in [3.8, 4) is 24.7 Å². The smallest absolute Gasteiger partial charge is 0.118 e. The van der Waals surface area contributed by atoms with Crippen LogP contribution in [0.3, 0.4) is 0 Å². The third kappa shape index (κ3) is 1.82. The van der Waals surface area contributed by atoms with Gasteiger partial charge in [-0.3, -0.25) is 0 Å². The number of terminal acetylenes is 2. The van der Waals surface area contributed by atoms with Crippen molar-refractivity contribution in [3.05, 3.63) is 71.8 Å². The minimum atomic E-state index is -0.775. The summed E-state index contributed by atoms with van der Waals surface area (Å²) in [4.78, 5) is 0. The van der Waals surface area contributed by atoms with Gasteiger partial charge in [0.15, 0.2) is 0 Å². The molecule has 0 saturated carbocycles. The van der Waals surface area contributed by atoms with Crippen LogP contribution in [0, 0.1) is 24.7 Å². The van der Waals surface area contributed by atoms with Crippen LogP contribution in [0.1, 0.15) is 11.1 Å². The molecule has 0 bridgehead atoms. The van der Waals surface area contributed by atoms with Crippen molar-refractivity contribution in [2.24, 2.45) is 0 Å². The van der Waals surface area contributed by atoms with Crippen LogP contribution >= 0.6 is 0 Å². The Balaban J connectivity index is 2.65. The number of benzene rings is 2. The highest BCUT2D eigenvalue weighted by Crippen LogP contribution is 2.30. The molecule has 0 unspecified atom stereocenters. The molecule has 0 aliphatic carbocycles. The molecule has 0 heteroatoms. The first-order chi connectivity index (χ1) is 8.33. The van der Waals surface area contributed by atoms with E-state index >= 15 is 0 Å². The van der Waals surface area contributed by atoms with Gasteiger partial charge in [-0.25, -0.2) is 0 Å². The summed E-state index contributed by atoms with van der Waals surface area (Å²) in [6.07, 6.45) is 11.4. The summed E-state index contributed by atoms with van der Waals surface area (Å²) in [6, 6.07) is 19.5. The van der Waals surface area contributed by atoms with Gasteiger partial charge in [-0.1, -0.05) is 72.5 Å². The van der Waals surface area contributed by atoms with E-state index in [0.29, 0.717) is 0 Å². The predicted molar refractivity (Wildman–Crippen MR) is 71.3 cm³/mol. The third-order valence-electron chi connectivity index (χ3n) is 2.85. The molecule has 0 spiro atoms. The van der Waals surface area contributed by atoms with Crippen LogP contribution in [0.25, 0.3) is 0 Å². The molecule has 0 radical (unpaired) electrons. The fraction of sp³-hybridized carbons (Fsp3) is 0.0588. The lowest BCUT2D eigenvalue weighted by atomic mass is 9.76. The van der Waals surface area contributed by atoms with E-state index < -0.39 is 5.41 Å². The summed E-state index contributed by atoms with van der Waals surface area (Å²) in [5.74, 6) is 5.52. The fourth-order valence-corrected chi connectivity index (χ4v) is 1.92. The third-order valence-corrected chi connectivity index (χ3v) is 2.85. The second-order valence-electron chi connectivity index (χ2n) is 3.77. The van der Waals surface area contributed by atoms with Crippen molar-refractivity contribution in [3.63, 3.8) is 0 Å². The monoisotopic (exact) mass is 216 g/mol. The lowest BCUT2D eigenvalue weighted by Gasteiger charge is -2.23. The van der Waals surface area contributed by atoms with Crippen LogP contribution in [0.5, 0.6) is 0 Å². The average Bonchev–Trinajstić information content (AvgIpc) is 2.43. The maximum Gasteiger partial charge on any atom is 0.141 e. The number of hydrogen-bond donors (Lipinski definition) is 0. The van der Waals surface area contributed by atoms with E-state index in [9.17, 15) is 0 Å². The maximum absolute atomic E-state index is 5.69. The first-order valence-corrected chi connectivity index (χ1v) is 5.40.